The van der Waals surface area contributed by atoms with Crippen molar-refractivity contribution in [1.82, 2.24) is 15.5 Å². The summed E-state index contributed by atoms with van der Waals surface area (Å²) in [6, 6.07) is 0. The first-order valence-electron chi connectivity index (χ1n) is 7.91. The molecule has 118 valence electrons. The zero-order valence-electron chi connectivity index (χ0n) is 12.9. The summed E-state index contributed by atoms with van der Waals surface area (Å²) in [6.45, 7) is 3.76. The first-order chi connectivity index (χ1) is 10.1. The van der Waals surface area contributed by atoms with Gasteiger partial charge >= 0.3 is 0 Å². The summed E-state index contributed by atoms with van der Waals surface area (Å²) in [7, 11) is 1.72. The zero-order valence-corrected chi connectivity index (χ0v) is 12.9. The third-order valence-electron chi connectivity index (χ3n) is 5.01. The fourth-order valence-corrected chi connectivity index (χ4v) is 3.63. The monoisotopic (exact) mass is 295 g/mol. The number of nitrogens with zero attached hydrogens (tertiary/aromatic N) is 2. The average molecular weight is 295 g/mol. The molecule has 2 aliphatic rings. The molecule has 6 nitrogen and oxygen atoms in total. The zero-order chi connectivity index (χ0) is 14.9. The van der Waals surface area contributed by atoms with Crippen LogP contribution in [0.2, 0.25) is 0 Å². The molecule has 2 N–H and O–H groups in total. The van der Waals surface area contributed by atoms with Gasteiger partial charge in [0.05, 0.1) is 0 Å². The molecule has 1 saturated carbocycles. The molecule has 2 heterocycles. The first kappa shape index (κ1) is 14.9. The fourth-order valence-electron chi connectivity index (χ4n) is 3.63. The number of ether oxygens (including phenoxy) is 1. The Hall–Kier alpha value is -0.980. The van der Waals surface area contributed by atoms with Gasteiger partial charge in [0.2, 0.25) is 5.82 Å². The average Bonchev–Trinajstić information content (AvgIpc) is 2.99. The molecule has 1 aromatic heterocycles. The number of rotatable bonds is 3. The Bertz CT molecular complexity index is 484. The molecule has 3 rings (SSSR count). The van der Waals surface area contributed by atoms with E-state index in [2.05, 4.69) is 22.4 Å². The second kappa shape index (κ2) is 5.66. The first-order valence-corrected chi connectivity index (χ1v) is 7.91. The van der Waals surface area contributed by atoms with Gasteiger partial charge in [-0.3, -0.25) is 0 Å². The van der Waals surface area contributed by atoms with Crippen molar-refractivity contribution in [3.63, 3.8) is 0 Å². The minimum Gasteiger partial charge on any atom is -0.380 e. The lowest BCUT2D eigenvalue weighted by Gasteiger charge is -2.36. The maximum atomic E-state index is 10.7. The van der Waals surface area contributed by atoms with Gasteiger partial charge in [-0.25, -0.2) is 0 Å². The third kappa shape index (κ3) is 2.72. The molecule has 0 spiro atoms. The van der Waals surface area contributed by atoms with Gasteiger partial charge in [-0.15, -0.1) is 0 Å². The van der Waals surface area contributed by atoms with E-state index < -0.39 is 11.2 Å². The van der Waals surface area contributed by atoms with Crippen LogP contribution in [0.1, 0.15) is 57.2 Å². The van der Waals surface area contributed by atoms with E-state index in [0.717, 1.165) is 32.4 Å². The van der Waals surface area contributed by atoms with E-state index >= 15 is 0 Å². The highest BCUT2D eigenvalue weighted by Gasteiger charge is 2.43. The lowest BCUT2D eigenvalue weighted by atomic mass is 9.78. The number of aliphatic hydroxyl groups is 1. The van der Waals surface area contributed by atoms with E-state index in [4.69, 9.17) is 9.26 Å². The summed E-state index contributed by atoms with van der Waals surface area (Å²) in [5.74, 6) is 1.52. The van der Waals surface area contributed by atoms with Crippen LogP contribution in [-0.4, -0.2) is 35.4 Å². The Morgan fingerprint density at radius 2 is 2.10 bits per heavy atom. The number of hydrogen-bond acceptors (Lipinski definition) is 6. The van der Waals surface area contributed by atoms with Crippen LogP contribution in [0.4, 0.5) is 0 Å². The largest absolute Gasteiger partial charge is 0.380 e. The van der Waals surface area contributed by atoms with Crippen molar-refractivity contribution in [2.24, 2.45) is 5.92 Å². The summed E-state index contributed by atoms with van der Waals surface area (Å²) in [6.07, 6.45) is 5.34. The standard InChI is InChI=1S/C15H25N3O3/c1-11-4-3-5-15(10-11,20-2)12-17-13(21-18-12)14(19)6-8-16-9-7-14/h11,16,19H,3-10H2,1-2H3. The van der Waals surface area contributed by atoms with Crippen molar-refractivity contribution in [2.75, 3.05) is 20.2 Å². The van der Waals surface area contributed by atoms with Crippen molar-refractivity contribution in [1.29, 1.82) is 0 Å². The topological polar surface area (TPSA) is 80.4 Å². The highest BCUT2D eigenvalue weighted by Crippen LogP contribution is 2.42. The van der Waals surface area contributed by atoms with Gasteiger partial charge in [0.25, 0.3) is 5.89 Å². The Labute approximate surface area is 125 Å². The summed E-state index contributed by atoms with van der Waals surface area (Å²) >= 11 is 0. The third-order valence-corrected chi connectivity index (χ3v) is 5.01. The van der Waals surface area contributed by atoms with Crippen molar-refractivity contribution >= 4 is 0 Å². The molecule has 0 radical (unpaired) electrons. The van der Waals surface area contributed by atoms with Gasteiger partial charge in [0.1, 0.15) is 11.2 Å². The molecule has 1 aliphatic heterocycles. The van der Waals surface area contributed by atoms with Crippen molar-refractivity contribution in [2.45, 2.75) is 56.7 Å². The Morgan fingerprint density at radius 1 is 1.33 bits per heavy atom. The summed E-state index contributed by atoms with van der Waals surface area (Å²) in [5, 5.41) is 18.1. The van der Waals surface area contributed by atoms with E-state index in [1.165, 1.54) is 6.42 Å². The number of piperidine rings is 1. The molecule has 2 unspecified atom stereocenters. The molecule has 1 aromatic rings. The number of hydrogen-bond donors (Lipinski definition) is 2. The van der Waals surface area contributed by atoms with Crippen molar-refractivity contribution in [3.8, 4) is 0 Å². The van der Waals surface area contributed by atoms with Crippen molar-refractivity contribution < 1.29 is 14.4 Å². The van der Waals surface area contributed by atoms with Crippen LogP contribution in [0.3, 0.4) is 0 Å². The van der Waals surface area contributed by atoms with Gasteiger partial charge < -0.3 is 19.7 Å². The minimum absolute atomic E-state index is 0.341. The van der Waals surface area contributed by atoms with Gasteiger partial charge in [-0.1, -0.05) is 18.5 Å². The molecule has 6 heteroatoms. The highest BCUT2D eigenvalue weighted by molar-refractivity contribution is 5.08. The SMILES string of the molecule is COC1(c2noc(C3(O)CCNCC3)n2)CCCC(C)C1. The van der Waals surface area contributed by atoms with Gasteiger partial charge in [-0.2, -0.15) is 4.98 Å². The van der Waals surface area contributed by atoms with Gasteiger partial charge in [-0.05, 0) is 51.1 Å². The summed E-state index contributed by atoms with van der Waals surface area (Å²) < 4.78 is 11.2. The second-order valence-electron chi connectivity index (χ2n) is 6.60. The van der Waals surface area contributed by atoms with Crippen LogP contribution >= 0.6 is 0 Å². The minimum atomic E-state index is -0.994. The maximum Gasteiger partial charge on any atom is 0.258 e. The molecule has 0 bridgehead atoms. The van der Waals surface area contributed by atoms with E-state index in [9.17, 15) is 5.11 Å². The molecule has 1 saturated heterocycles. The quantitative estimate of drug-likeness (QED) is 0.883. The van der Waals surface area contributed by atoms with E-state index in [0.29, 0.717) is 30.5 Å². The number of methoxy groups -OCH3 is 1. The van der Waals surface area contributed by atoms with E-state index in [1.54, 1.807) is 7.11 Å². The molecular formula is C15H25N3O3. The Kier molecular flexibility index (Phi) is 4.03. The number of nitrogens with one attached hydrogen (secondary N) is 1. The molecular weight excluding hydrogens is 270 g/mol. The Morgan fingerprint density at radius 3 is 2.76 bits per heavy atom. The van der Waals surface area contributed by atoms with Gasteiger partial charge in [0, 0.05) is 7.11 Å². The predicted octanol–water partition coefficient (Wildman–Crippen LogP) is 1.69. The van der Waals surface area contributed by atoms with E-state index in [1.807, 2.05) is 0 Å². The summed E-state index contributed by atoms with van der Waals surface area (Å²) in [5.41, 5.74) is -1.45. The van der Waals surface area contributed by atoms with Crippen LogP contribution in [0.5, 0.6) is 0 Å². The molecule has 0 amide bonds. The smallest absolute Gasteiger partial charge is 0.258 e. The lowest BCUT2D eigenvalue weighted by Crippen LogP contribution is -2.40. The molecule has 1 aliphatic carbocycles. The molecule has 2 fully saturated rings. The van der Waals surface area contributed by atoms with Crippen LogP contribution in [0.15, 0.2) is 4.52 Å². The fraction of sp³-hybridized carbons (Fsp3) is 0.867. The lowest BCUT2D eigenvalue weighted by molar-refractivity contribution is -0.0658. The molecule has 21 heavy (non-hydrogen) atoms. The molecule has 0 aromatic carbocycles. The van der Waals surface area contributed by atoms with Crippen LogP contribution in [-0.2, 0) is 15.9 Å². The van der Waals surface area contributed by atoms with Crippen LogP contribution in [0, 0.1) is 5.92 Å². The number of aromatic nitrogens is 2. The maximum absolute atomic E-state index is 10.7. The van der Waals surface area contributed by atoms with Gasteiger partial charge in [0.15, 0.2) is 0 Å². The molecule has 2 atom stereocenters. The van der Waals surface area contributed by atoms with E-state index in [-0.39, 0.29) is 0 Å². The normalized spacial score (nSPS) is 33.0. The predicted molar refractivity (Wildman–Crippen MR) is 76.6 cm³/mol. The van der Waals surface area contributed by atoms with Crippen LogP contribution in [0.25, 0.3) is 0 Å². The van der Waals surface area contributed by atoms with Crippen LogP contribution < -0.4 is 5.32 Å². The second-order valence-corrected chi connectivity index (χ2v) is 6.60. The summed E-state index contributed by atoms with van der Waals surface area (Å²) in [4.78, 5) is 4.53. The highest BCUT2D eigenvalue weighted by atomic mass is 16.5. The van der Waals surface area contributed by atoms with Crippen molar-refractivity contribution in [3.05, 3.63) is 11.7 Å². The Balaban J connectivity index is 1.86.